The lowest BCUT2D eigenvalue weighted by molar-refractivity contribution is 0.102. The molecule has 1 amide bonds. The van der Waals surface area contributed by atoms with Gasteiger partial charge in [-0.3, -0.25) is 4.79 Å². The molecule has 7 heteroatoms. The molecular formula is C20H13Cl2N3O2. The van der Waals surface area contributed by atoms with Gasteiger partial charge in [-0.05, 0) is 42.0 Å². The van der Waals surface area contributed by atoms with Crippen LogP contribution in [0.25, 0.3) is 0 Å². The molecule has 0 saturated heterocycles. The fourth-order valence-electron chi connectivity index (χ4n) is 2.33. The SMILES string of the molecule is N#Cc1cccc(COc2cccc(NC(=O)c3nc(Cl)ccc3Cl)c2)c1. The summed E-state index contributed by atoms with van der Waals surface area (Å²) in [6.45, 7) is 0.300. The van der Waals surface area contributed by atoms with Crippen LogP contribution in [0.15, 0.2) is 60.7 Å². The van der Waals surface area contributed by atoms with E-state index in [0.29, 0.717) is 23.6 Å². The molecule has 0 aliphatic carbocycles. The van der Waals surface area contributed by atoms with Crippen LogP contribution in [0.3, 0.4) is 0 Å². The normalized spacial score (nSPS) is 10.1. The second-order valence-corrected chi connectivity index (χ2v) is 6.34. The van der Waals surface area contributed by atoms with Crippen molar-refractivity contribution < 1.29 is 9.53 Å². The smallest absolute Gasteiger partial charge is 0.275 e. The first-order valence-electron chi connectivity index (χ1n) is 7.90. The number of anilines is 1. The predicted molar refractivity (Wildman–Crippen MR) is 104 cm³/mol. The fraction of sp³-hybridized carbons (Fsp3) is 0.0500. The molecule has 1 heterocycles. The number of ether oxygens (including phenoxy) is 1. The van der Waals surface area contributed by atoms with Crippen LogP contribution >= 0.6 is 23.2 Å². The molecule has 5 nitrogen and oxygen atoms in total. The van der Waals surface area contributed by atoms with Crippen molar-refractivity contribution >= 4 is 34.8 Å². The number of nitriles is 1. The summed E-state index contributed by atoms with van der Waals surface area (Å²) in [4.78, 5) is 16.3. The number of halogens is 2. The zero-order chi connectivity index (χ0) is 19.2. The van der Waals surface area contributed by atoms with E-state index in [0.717, 1.165) is 5.56 Å². The Bertz CT molecular complexity index is 1030. The second kappa shape index (κ2) is 8.54. The van der Waals surface area contributed by atoms with Crippen LogP contribution in [-0.2, 0) is 6.61 Å². The molecule has 1 aromatic heterocycles. The van der Waals surface area contributed by atoms with Gasteiger partial charge >= 0.3 is 0 Å². The van der Waals surface area contributed by atoms with Gasteiger partial charge in [0, 0.05) is 11.8 Å². The molecule has 0 radical (unpaired) electrons. The van der Waals surface area contributed by atoms with Crippen LogP contribution in [0.1, 0.15) is 21.6 Å². The lowest BCUT2D eigenvalue weighted by atomic mass is 10.1. The molecular weight excluding hydrogens is 385 g/mol. The second-order valence-electron chi connectivity index (χ2n) is 5.55. The largest absolute Gasteiger partial charge is 0.489 e. The Kier molecular flexibility index (Phi) is 5.92. The van der Waals surface area contributed by atoms with Crippen LogP contribution in [-0.4, -0.2) is 10.9 Å². The van der Waals surface area contributed by atoms with Gasteiger partial charge in [0.15, 0.2) is 0 Å². The molecule has 27 heavy (non-hydrogen) atoms. The summed E-state index contributed by atoms with van der Waals surface area (Å²) in [5.41, 5.74) is 2.02. The number of nitrogens with one attached hydrogen (secondary N) is 1. The van der Waals surface area contributed by atoms with Gasteiger partial charge in [0.2, 0.25) is 0 Å². The molecule has 0 saturated carbocycles. The van der Waals surface area contributed by atoms with E-state index in [-0.39, 0.29) is 15.9 Å². The van der Waals surface area contributed by atoms with E-state index in [4.69, 9.17) is 33.2 Å². The maximum atomic E-state index is 12.4. The van der Waals surface area contributed by atoms with E-state index >= 15 is 0 Å². The van der Waals surface area contributed by atoms with Gasteiger partial charge in [-0.1, -0.05) is 41.4 Å². The lowest BCUT2D eigenvalue weighted by Crippen LogP contribution is -2.14. The molecule has 134 valence electrons. The minimum Gasteiger partial charge on any atom is -0.489 e. The molecule has 0 fully saturated rings. The maximum Gasteiger partial charge on any atom is 0.275 e. The summed E-state index contributed by atoms with van der Waals surface area (Å²) < 4.78 is 5.74. The highest BCUT2D eigenvalue weighted by Gasteiger charge is 2.13. The lowest BCUT2D eigenvalue weighted by Gasteiger charge is -2.10. The molecule has 0 unspecified atom stereocenters. The Morgan fingerprint density at radius 2 is 1.93 bits per heavy atom. The van der Waals surface area contributed by atoms with Crippen molar-refractivity contribution in [2.24, 2.45) is 0 Å². The topological polar surface area (TPSA) is 75.0 Å². The number of aromatic nitrogens is 1. The summed E-state index contributed by atoms with van der Waals surface area (Å²) in [5.74, 6) is 0.0988. The first kappa shape index (κ1) is 18.7. The first-order chi connectivity index (χ1) is 13.0. The fourth-order valence-corrected chi connectivity index (χ4v) is 2.67. The highest BCUT2D eigenvalue weighted by Crippen LogP contribution is 2.22. The maximum absolute atomic E-state index is 12.4. The molecule has 0 spiro atoms. The van der Waals surface area contributed by atoms with Crippen molar-refractivity contribution in [3.05, 3.63) is 87.7 Å². The number of nitrogens with zero attached hydrogens (tertiary/aromatic N) is 2. The third-order valence-electron chi connectivity index (χ3n) is 3.58. The standard InChI is InChI=1S/C20H13Cl2N3O2/c21-17-7-8-18(22)25-19(17)20(26)24-15-5-2-6-16(10-15)27-12-14-4-1-3-13(9-14)11-23/h1-10H,12H2,(H,24,26). The van der Waals surface area contributed by atoms with Gasteiger partial charge < -0.3 is 10.1 Å². The Hall–Kier alpha value is -3.07. The molecule has 0 bridgehead atoms. The molecule has 1 N–H and O–H groups in total. The summed E-state index contributed by atoms with van der Waals surface area (Å²) in [6.07, 6.45) is 0. The van der Waals surface area contributed by atoms with Crippen molar-refractivity contribution in [3.63, 3.8) is 0 Å². The minimum atomic E-state index is -0.471. The summed E-state index contributed by atoms with van der Waals surface area (Å²) in [7, 11) is 0. The Morgan fingerprint density at radius 3 is 2.74 bits per heavy atom. The van der Waals surface area contributed by atoms with Crippen molar-refractivity contribution in [1.82, 2.24) is 4.98 Å². The molecule has 3 rings (SSSR count). The summed E-state index contributed by atoms with van der Waals surface area (Å²) in [6, 6.07) is 19.2. The van der Waals surface area contributed by atoms with Gasteiger partial charge in [0.1, 0.15) is 23.2 Å². The van der Waals surface area contributed by atoms with Crippen LogP contribution in [0, 0.1) is 11.3 Å². The molecule has 3 aromatic rings. The molecule has 0 atom stereocenters. The zero-order valence-corrected chi connectivity index (χ0v) is 15.5. The molecule has 0 aliphatic rings. The Labute approximate surface area is 166 Å². The van der Waals surface area contributed by atoms with Crippen LogP contribution < -0.4 is 10.1 Å². The highest BCUT2D eigenvalue weighted by molar-refractivity contribution is 6.35. The van der Waals surface area contributed by atoms with Crippen LogP contribution in [0.4, 0.5) is 5.69 Å². The number of amides is 1. The number of benzene rings is 2. The van der Waals surface area contributed by atoms with Crippen LogP contribution in [0.2, 0.25) is 10.2 Å². The number of pyridine rings is 1. The van der Waals surface area contributed by atoms with Gasteiger partial charge in [0.05, 0.1) is 16.7 Å². The number of carbonyl (C=O) groups excluding carboxylic acids is 1. The van der Waals surface area contributed by atoms with E-state index in [1.165, 1.54) is 12.1 Å². The van der Waals surface area contributed by atoms with Crippen molar-refractivity contribution in [2.75, 3.05) is 5.32 Å². The highest BCUT2D eigenvalue weighted by atomic mass is 35.5. The van der Waals surface area contributed by atoms with Gasteiger partial charge in [-0.25, -0.2) is 4.98 Å². The minimum absolute atomic E-state index is 0.0452. The van der Waals surface area contributed by atoms with E-state index in [9.17, 15) is 4.79 Å². The molecule has 0 aliphatic heterocycles. The van der Waals surface area contributed by atoms with E-state index in [2.05, 4.69) is 16.4 Å². The number of carbonyl (C=O) groups is 1. The summed E-state index contributed by atoms with van der Waals surface area (Å²) in [5, 5.41) is 12.1. The first-order valence-corrected chi connectivity index (χ1v) is 8.66. The number of hydrogen-bond donors (Lipinski definition) is 1. The monoisotopic (exact) mass is 397 g/mol. The van der Waals surface area contributed by atoms with Gasteiger partial charge in [-0.15, -0.1) is 0 Å². The van der Waals surface area contributed by atoms with Gasteiger partial charge in [-0.2, -0.15) is 5.26 Å². The third kappa shape index (κ3) is 4.98. The summed E-state index contributed by atoms with van der Waals surface area (Å²) >= 11 is 11.8. The predicted octanol–water partition coefficient (Wildman–Crippen LogP) is 5.09. The van der Waals surface area contributed by atoms with E-state index in [1.807, 2.05) is 6.07 Å². The average molecular weight is 398 g/mol. The zero-order valence-electron chi connectivity index (χ0n) is 13.9. The van der Waals surface area contributed by atoms with Crippen molar-refractivity contribution in [3.8, 4) is 11.8 Å². The average Bonchev–Trinajstić information content (AvgIpc) is 2.68. The van der Waals surface area contributed by atoms with Gasteiger partial charge in [0.25, 0.3) is 5.91 Å². The van der Waals surface area contributed by atoms with E-state index < -0.39 is 5.91 Å². The Morgan fingerprint density at radius 1 is 1.11 bits per heavy atom. The third-order valence-corrected chi connectivity index (χ3v) is 4.10. The van der Waals surface area contributed by atoms with E-state index in [1.54, 1.807) is 42.5 Å². The van der Waals surface area contributed by atoms with Crippen molar-refractivity contribution in [2.45, 2.75) is 6.61 Å². The molecule has 2 aromatic carbocycles. The van der Waals surface area contributed by atoms with Crippen LogP contribution in [0.5, 0.6) is 5.75 Å². The quantitative estimate of drug-likeness (QED) is 0.608. The number of hydrogen-bond acceptors (Lipinski definition) is 4. The van der Waals surface area contributed by atoms with Crippen molar-refractivity contribution in [1.29, 1.82) is 5.26 Å². The number of rotatable bonds is 5. The Balaban J connectivity index is 1.69.